The molecule has 154 valence electrons. The molecule has 0 radical (unpaired) electrons. The fourth-order valence-corrected chi connectivity index (χ4v) is 2.63. The molecule has 0 atom stereocenters. The third kappa shape index (κ3) is 3.99. The Morgan fingerprint density at radius 2 is 1.43 bits per heavy atom. The Balaban J connectivity index is 1.74. The van der Waals surface area contributed by atoms with Crippen LogP contribution in [0.15, 0.2) is 42.7 Å². The minimum absolute atomic E-state index is 0.0445. The number of hydrogen-bond donors (Lipinski definition) is 3. The smallest absolute Gasteiger partial charge is 0.274 e. The van der Waals surface area contributed by atoms with Crippen molar-refractivity contribution in [2.75, 3.05) is 10.6 Å². The zero-order valence-corrected chi connectivity index (χ0v) is 15.4. The van der Waals surface area contributed by atoms with Crippen molar-refractivity contribution in [3.05, 3.63) is 77.1 Å². The summed E-state index contributed by atoms with van der Waals surface area (Å²) >= 11 is 0. The van der Waals surface area contributed by atoms with Gasteiger partial charge in [-0.15, -0.1) is 0 Å². The Morgan fingerprint density at radius 3 is 2.00 bits per heavy atom. The molecule has 3 rings (SSSR count). The van der Waals surface area contributed by atoms with Gasteiger partial charge < -0.3 is 20.9 Å². The Hall–Kier alpha value is -4.15. The molecule has 2 aromatic carbocycles. The van der Waals surface area contributed by atoms with Gasteiger partial charge >= 0.3 is 0 Å². The number of rotatable bonds is 5. The standard InChI is InChI=1S/C19H14F3N5O3/c1-27-8-24-15(17(23)28)16(27)19(30)26-10-4-2-9(3-5-10)25-18(29)13-11(20)6-7-12(21)14(13)22/h2-8H,1H3,(H2,23,28)(H,25,29)(H,26,30). The fourth-order valence-electron chi connectivity index (χ4n) is 2.63. The van der Waals surface area contributed by atoms with E-state index >= 15 is 0 Å². The highest BCUT2D eigenvalue weighted by Gasteiger charge is 2.22. The summed E-state index contributed by atoms with van der Waals surface area (Å²) in [5, 5.41) is 4.76. The van der Waals surface area contributed by atoms with Gasteiger partial charge in [-0.05, 0) is 36.4 Å². The number of imidazole rings is 1. The van der Waals surface area contributed by atoms with Crippen molar-refractivity contribution < 1.29 is 27.6 Å². The number of nitrogens with one attached hydrogen (secondary N) is 2. The number of amides is 3. The summed E-state index contributed by atoms with van der Waals surface area (Å²) in [5.74, 6) is -6.86. The van der Waals surface area contributed by atoms with E-state index in [0.717, 1.165) is 0 Å². The molecule has 4 N–H and O–H groups in total. The van der Waals surface area contributed by atoms with E-state index in [0.29, 0.717) is 12.1 Å². The van der Waals surface area contributed by atoms with Gasteiger partial charge in [0.2, 0.25) is 0 Å². The van der Waals surface area contributed by atoms with Gasteiger partial charge in [0, 0.05) is 18.4 Å². The molecule has 3 amide bonds. The number of aryl methyl sites for hydroxylation is 1. The van der Waals surface area contributed by atoms with Crippen LogP contribution in [0.25, 0.3) is 0 Å². The Morgan fingerprint density at radius 1 is 0.900 bits per heavy atom. The molecule has 0 fully saturated rings. The van der Waals surface area contributed by atoms with Gasteiger partial charge in [-0.1, -0.05) is 0 Å². The van der Waals surface area contributed by atoms with Crippen LogP contribution in [0.5, 0.6) is 0 Å². The number of aromatic nitrogens is 2. The number of carbonyl (C=O) groups is 3. The molecule has 0 saturated carbocycles. The average Bonchev–Trinajstić information content (AvgIpc) is 3.08. The highest BCUT2D eigenvalue weighted by atomic mass is 19.2. The van der Waals surface area contributed by atoms with Gasteiger partial charge in [0.1, 0.15) is 17.1 Å². The number of primary amides is 1. The molecule has 3 aromatic rings. The summed E-state index contributed by atoms with van der Waals surface area (Å²) in [6.45, 7) is 0. The molecule has 1 heterocycles. The van der Waals surface area contributed by atoms with E-state index in [4.69, 9.17) is 5.73 Å². The van der Waals surface area contributed by atoms with Crippen molar-refractivity contribution >= 4 is 29.1 Å². The van der Waals surface area contributed by atoms with Crippen molar-refractivity contribution in [2.24, 2.45) is 12.8 Å². The van der Waals surface area contributed by atoms with Gasteiger partial charge in [-0.25, -0.2) is 18.2 Å². The minimum Gasteiger partial charge on any atom is -0.364 e. The molecule has 1 aromatic heterocycles. The van der Waals surface area contributed by atoms with Gasteiger partial charge in [-0.3, -0.25) is 14.4 Å². The highest BCUT2D eigenvalue weighted by molar-refractivity contribution is 6.10. The largest absolute Gasteiger partial charge is 0.364 e. The molecular weight excluding hydrogens is 403 g/mol. The highest BCUT2D eigenvalue weighted by Crippen LogP contribution is 2.20. The van der Waals surface area contributed by atoms with Crippen molar-refractivity contribution in [3.8, 4) is 0 Å². The summed E-state index contributed by atoms with van der Waals surface area (Å²) in [7, 11) is 1.51. The van der Waals surface area contributed by atoms with E-state index in [1.165, 1.54) is 42.2 Å². The van der Waals surface area contributed by atoms with Crippen molar-refractivity contribution in [2.45, 2.75) is 0 Å². The Labute approximate surface area is 167 Å². The number of nitrogens with zero attached hydrogens (tertiary/aromatic N) is 2. The van der Waals surface area contributed by atoms with Crippen LogP contribution in [-0.4, -0.2) is 27.3 Å². The number of anilines is 2. The number of hydrogen-bond acceptors (Lipinski definition) is 4. The summed E-state index contributed by atoms with van der Waals surface area (Å²) < 4.78 is 42.0. The van der Waals surface area contributed by atoms with Gasteiger partial charge in [0.25, 0.3) is 17.7 Å². The van der Waals surface area contributed by atoms with Crippen LogP contribution in [0.3, 0.4) is 0 Å². The third-order valence-electron chi connectivity index (χ3n) is 4.06. The lowest BCUT2D eigenvalue weighted by Gasteiger charge is -2.10. The van der Waals surface area contributed by atoms with Crippen molar-refractivity contribution in [1.82, 2.24) is 9.55 Å². The zero-order chi connectivity index (χ0) is 22.0. The Kier molecular flexibility index (Phi) is 5.54. The maximum absolute atomic E-state index is 13.7. The third-order valence-corrected chi connectivity index (χ3v) is 4.06. The summed E-state index contributed by atoms with van der Waals surface area (Å²) in [6, 6.07) is 6.70. The van der Waals surface area contributed by atoms with Crippen LogP contribution >= 0.6 is 0 Å². The molecule has 11 heteroatoms. The summed E-state index contributed by atoms with van der Waals surface area (Å²) in [6.07, 6.45) is 1.26. The first-order valence-corrected chi connectivity index (χ1v) is 8.36. The number of halogens is 3. The van der Waals surface area contributed by atoms with Crippen LogP contribution < -0.4 is 16.4 Å². The molecule has 0 aliphatic carbocycles. The predicted octanol–water partition coefficient (Wildman–Crippen LogP) is 2.44. The van der Waals surface area contributed by atoms with Crippen LogP contribution in [0.2, 0.25) is 0 Å². The molecule has 0 spiro atoms. The SMILES string of the molecule is Cn1cnc(C(N)=O)c1C(=O)Nc1ccc(NC(=O)c2c(F)ccc(F)c2F)cc1. The van der Waals surface area contributed by atoms with Crippen LogP contribution in [0.4, 0.5) is 24.5 Å². The van der Waals surface area contributed by atoms with E-state index in [1.54, 1.807) is 0 Å². The second-order valence-electron chi connectivity index (χ2n) is 6.12. The maximum atomic E-state index is 13.7. The Bertz CT molecular complexity index is 1160. The predicted molar refractivity (Wildman–Crippen MR) is 100 cm³/mol. The first kappa shape index (κ1) is 20.6. The van der Waals surface area contributed by atoms with E-state index in [-0.39, 0.29) is 22.8 Å². The minimum atomic E-state index is -1.60. The van der Waals surface area contributed by atoms with Crippen LogP contribution in [0.1, 0.15) is 31.3 Å². The van der Waals surface area contributed by atoms with Crippen LogP contribution in [0, 0.1) is 17.5 Å². The molecule has 0 aliphatic rings. The first-order valence-electron chi connectivity index (χ1n) is 8.36. The normalized spacial score (nSPS) is 10.5. The van der Waals surface area contributed by atoms with E-state index < -0.39 is 40.7 Å². The van der Waals surface area contributed by atoms with E-state index in [9.17, 15) is 27.6 Å². The molecule has 0 aliphatic heterocycles. The first-order chi connectivity index (χ1) is 14.2. The van der Waals surface area contributed by atoms with Crippen molar-refractivity contribution in [1.29, 1.82) is 0 Å². The van der Waals surface area contributed by atoms with E-state index in [1.807, 2.05) is 0 Å². The molecule has 0 unspecified atom stereocenters. The molecular formula is C19H14F3N5O3. The molecule has 30 heavy (non-hydrogen) atoms. The maximum Gasteiger partial charge on any atom is 0.274 e. The number of benzene rings is 2. The molecule has 8 nitrogen and oxygen atoms in total. The second-order valence-corrected chi connectivity index (χ2v) is 6.12. The van der Waals surface area contributed by atoms with Gasteiger partial charge in [0.05, 0.1) is 6.33 Å². The molecule has 0 bridgehead atoms. The van der Waals surface area contributed by atoms with Gasteiger partial charge in [-0.2, -0.15) is 0 Å². The van der Waals surface area contributed by atoms with Crippen LogP contribution in [-0.2, 0) is 7.05 Å². The summed E-state index contributed by atoms with van der Waals surface area (Å²) in [4.78, 5) is 39.6. The monoisotopic (exact) mass is 417 g/mol. The number of nitrogens with two attached hydrogens (primary N) is 1. The lowest BCUT2D eigenvalue weighted by Crippen LogP contribution is -2.22. The average molecular weight is 417 g/mol. The van der Waals surface area contributed by atoms with Gasteiger partial charge in [0.15, 0.2) is 17.3 Å². The molecule has 0 saturated heterocycles. The summed E-state index contributed by atoms with van der Waals surface area (Å²) in [5.41, 5.74) is 4.33. The zero-order valence-electron chi connectivity index (χ0n) is 15.4. The second kappa shape index (κ2) is 8.07. The van der Waals surface area contributed by atoms with Crippen molar-refractivity contribution in [3.63, 3.8) is 0 Å². The quantitative estimate of drug-likeness (QED) is 0.553. The number of carbonyl (C=O) groups excluding carboxylic acids is 3. The lowest BCUT2D eigenvalue weighted by molar-refractivity contribution is 0.0970. The fraction of sp³-hybridized carbons (Fsp3) is 0.0526. The topological polar surface area (TPSA) is 119 Å². The lowest BCUT2D eigenvalue weighted by atomic mass is 10.1. The van der Waals surface area contributed by atoms with E-state index in [2.05, 4.69) is 15.6 Å².